The first-order chi connectivity index (χ1) is 7.99. The summed E-state index contributed by atoms with van der Waals surface area (Å²) in [6, 6.07) is 3.97. The summed E-state index contributed by atoms with van der Waals surface area (Å²) in [6.45, 7) is 0. The highest BCUT2D eigenvalue weighted by atomic mass is 32.2. The van der Waals surface area contributed by atoms with Crippen LogP contribution in [-0.4, -0.2) is 23.7 Å². The first-order valence-electron chi connectivity index (χ1n) is 4.59. The van der Waals surface area contributed by atoms with Gasteiger partial charge in [0.2, 0.25) is 0 Å². The van der Waals surface area contributed by atoms with E-state index in [1.807, 2.05) is 0 Å². The molecule has 0 radical (unpaired) electrons. The van der Waals surface area contributed by atoms with E-state index >= 15 is 0 Å². The molecule has 0 atom stereocenters. The normalized spacial score (nSPS) is 11.3. The summed E-state index contributed by atoms with van der Waals surface area (Å²) in [5.41, 5.74) is 5.91. The van der Waals surface area contributed by atoms with E-state index in [1.165, 1.54) is 30.6 Å². The number of nitrogens with two attached hydrogens (primary N) is 1. The maximum atomic E-state index is 11.8. The van der Waals surface area contributed by atoms with E-state index in [0.717, 1.165) is 0 Å². The van der Waals surface area contributed by atoms with Crippen LogP contribution in [0.3, 0.4) is 0 Å². The second-order valence-electron chi connectivity index (χ2n) is 3.31. The number of nitrogens with zero attached hydrogens (tertiary/aromatic N) is 1. The van der Waals surface area contributed by atoms with Crippen molar-refractivity contribution in [3.05, 3.63) is 30.6 Å². The lowest BCUT2D eigenvalue weighted by Gasteiger charge is -2.08. The van der Waals surface area contributed by atoms with Crippen LogP contribution in [-0.2, 0) is 10.0 Å². The smallest absolute Gasteiger partial charge is 0.265 e. The molecular formula is C9H10N4O3S. The molecule has 8 heteroatoms. The number of aromatic amines is 1. The first-order valence-corrected chi connectivity index (χ1v) is 6.07. The Kier molecular flexibility index (Phi) is 2.64. The molecule has 1 aromatic heterocycles. The zero-order chi connectivity index (χ0) is 12.5. The van der Waals surface area contributed by atoms with Crippen molar-refractivity contribution in [3.8, 4) is 5.75 Å². The van der Waals surface area contributed by atoms with E-state index in [-0.39, 0.29) is 22.0 Å². The lowest BCUT2D eigenvalue weighted by atomic mass is 10.2. The number of H-pyrrole nitrogens is 1. The molecule has 1 heterocycles. The quantitative estimate of drug-likeness (QED) is 0.469. The third kappa shape index (κ3) is 2.31. The standard InChI is InChI=1S/C9H10N4O3S/c10-8-3-6(14)1-2-9(8)13-17(15,16)7-4-11-12-5-7/h1-5,13-14H,10H2,(H,11,12). The van der Waals surface area contributed by atoms with E-state index < -0.39 is 10.0 Å². The summed E-state index contributed by atoms with van der Waals surface area (Å²) >= 11 is 0. The summed E-state index contributed by atoms with van der Waals surface area (Å²) < 4.78 is 25.9. The molecule has 7 nitrogen and oxygen atoms in total. The third-order valence-corrected chi connectivity index (χ3v) is 3.40. The molecule has 0 amide bonds. The number of sulfonamides is 1. The minimum Gasteiger partial charge on any atom is -0.508 e. The van der Waals surface area contributed by atoms with Gasteiger partial charge in [0, 0.05) is 12.3 Å². The number of phenolic OH excluding ortho intramolecular Hbond substituents is 1. The van der Waals surface area contributed by atoms with Crippen molar-refractivity contribution in [3.63, 3.8) is 0 Å². The molecule has 5 N–H and O–H groups in total. The highest BCUT2D eigenvalue weighted by Gasteiger charge is 2.16. The van der Waals surface area contributed by atoms with Crippen molar-refractivity contribution in [2.75, 3.05) is 10.5 Å². The monoisotopic (exact) mass is 254 g/mol. The predicted molar refractivity (Wildman–Crippen MR) is 61.9 cm³/mol. The van der Waals surface area contributed by atoms with E-state index in [2.05, 4.69) is 14.9 Å². The van der Waals surface area contributed by atoms with Gasteiger partial charge in [0.25, 0.3) is 10.0 Å². The van der Waals surface area contributed by atoms with E-state index in [9.17, 15) is 8.42 Å². The SMILES string of the molecule is Nc1cc(O)ccc1NS(=O)(=O)c1cn[nH]c1. The van der Waals surface area contributed by atoms with Crippen LogP contribution in [0.25, 0.3) is 0 Å². The minimum absolute atomic E-state index is 0.00461. The predicted octanol–water partition coefficient (Wildman–Crippen LogP) is 0.498. The van der Waals surface area contributed by atoms with Gasteiger partial charge in [0.15, 0.2) is 0 Å². The fraction of sp³-hybridized carbons (Fsp3) is 0. The van der Waals surface area contributed by atoms with Gasteiger partial charge in [0.05, 0.1) is 17.6 Å². The van der Waals surface area contributed by atoms with E-state index in [1.54, 1.807) is 0 Å². The second-order valence-corrected chi connectivity index (χ2v) is 4.99. The van der Waals surface area contributed by atoms with E-state index in [4.69, 9.17) is 10.8 Å². The number of nitrogen functional groups attached to an aromatic ring is 1. The highest BCUT2D eigenvalue weighted by molar-refractivity contribution is 7.92. The Hall–Kier alpha value is -2.22. The lowest BCUT2D eigenvalue weighted by Crippen LogP contribution is -2.13. The fourth-order valence-electron chi connectivity index (χ4n) is 1.23. The zero-order valence-electron chi connectivity index (χ0n) is 8.58. The summed E-state index contributed by atoms with van der Waals surface area (Å²) in [4.78, 5) is 0.00461. The van der Waals surface area contributed by atoms with Gasteiger partial charge in [-0.1, -0.05) is 0 Å². The zero-order valence-corrected chi connectivity index (χ0v) is 9.40. The average Bonchev–Trinajstić information content (AvgIpc) is 2.76. The van der Waals surface area contributed by atoms with Gasteiger partial charge in [0.1, 0.15) is 10.6 Å². The van der Waals surface area contributed by atoms with Crippen LogP contribution in [0.4, 0.5) is 11.4 Å². The van der Waals surface area contributed by atoms with Crippen molar-refractivity contribution >= 4 is 21.4 Å². The molecule has 0 spiro atoms. The Balaban J connectivity index is 2.33. The Morgan fingerprint density at radius 2 is 2.18 bits per heavy atom. The molecule has 17 heavy (non-hydrogen) atoms. The van der Waals surface area contributed by atoms with Crippen molar-refractivity contribution < 1.29 is 13.5 Å². The van der Waals surface area contributed by atoms with Crippen molar-refractivity contribution in [1.29, 1.82) is 0 Å². The summed E-state index contributed by atoms with van der Waals surface area (Å²) in [6.07, 6.45) is 2.43. The molecule has 0 aliphatic rings. The lowest BCUT2D eigenvalue weighted by molar-refractivity contribution is 0.475. The number of rotatable bonds is 3. The van der Waals surface area contributed by atoms with E-state index in [0.29, 0.717) is 0 Å². The summed E-state index contributed by atoms with van der Waals surface area (Å²) in [5, 5.41) is 15.1. The molecule has 0 unspecified atom stereocenters. The number of hydrogen-bond donors (Lipinski definition) is 4. The number of aromatic nitrogens is 2. The van der Waals surface area contributed by atoms with Gasteiger partial charge >= 0.3 is 0 Å². The number of hydrogen-bond acceptors (Lipinski definition) is 5. The molecule has 0 saturated carbocycles. The average molecular weight is 254 g/mol. The number of aromatic hydroxyl groups is 1. The molecule has 90 valence electrons. The first kappa shape index (κ1) is 11.3. The van der Waals surface area contributed by atoms with Gasteiger partial charge in [-0.3, -0.25) is 9.82 Å². The van der Waals surface area contributed by atoms with Crippen LogP contribution in [0.1, 0.15) is 0 Å². The number of benzene rings is 1. The Labute approximate surface area is 97.3 Å². The second kappa shape index (κ2) is 3.98. The van der Waals surface area contributed by atoms with Crippen LogP contribution in [0.15, 0.2) is 35.5 Å². The molecule has 1 aromatic carbocycles. The molecule has 0 aliphatic carbocycles. The van der Waals surface area contributed by atoms with Crippen LogP contribution >= 0.6 is 0 Å². The third-order valence-electron chi connectivity index (χ3n) is 2.06. The largest absolute Gasteiger partial charge is 0.508 e. The van der Waals surface area contributed by atoms with Gasteiger partial charge in [-0.2, -0.15) is 5.10 Å². The number of anilines is 2. The van der Waals surface area contributed by atoms with Crippen molar-refractivity contribution in [1.82, 2.24) is 10.2 Å². The Morgan fingerprint density at radius 1 is 1.41 bits per heavy atom. The fourth-order valence-corrected chi connectivity index (χ4v) is 2.23. The van der Waals surface area contributed by atoms with Crippen molar-refractivity contribution in [2.45, 2.75) is 4.90 Å². The van der Waals surface area contributed by atoms with Gasteiger partial charge in [-0.15, -0.1) is 0 Å². The maximum Gasteiger partial charge on any atom is 0.265 e. The maximum absolute atomic E-state index is 11.8. The number of nitrogens with one attached hydrogen (secondary N) is 2. The molecule has 2 aromatic rings. The molecule has 0 saturated heterocycles. The summed E-state index contributed by atoms with van der Waals surface area (Å²) in [5.74, 6) is -0.0336. The van der Waals surface area contributed by atoms with Crippen LogP contribution < -0.4 is 10.5 Å². The number of phenols is 1. The Morgan fingerprint density at radius 3 is 2.76 bits per heavy atom. The molecule has 0 fully saturated rings. The van der Waals surface area contributed by atoms with Crippen LogP contribution in [0, 0.1) is 0 Å². The highest BCUT2D eigenvalue weighted by Crippen LogP contribution is 2.25. The topological polar surface area (TPSA) is 121 Å². The van der Waals surface area contributed by atoms with Crippen LogP contribution in [0.2, 0.25) is 0 Å². The summed E-state index contributed by atoms with van der Waals surface area (Å²) in [7, 11) is -3.71. The minimum atomic E-state index is -3.71. The van der Waals surface area contributed by atoms with Gasteiger partial charge < -0.3 is 10.8 Å². The molecule has 2 rings (SSSR count). The molecule has 0 bridgehead atoms. The van der Waals surface area contributed by atoms with Crippen molar-refractivity contribution in [2.24, 2.45) is 0 Å². The van der Waals surface area contributed by atoms with Gasteiger partial charge in [-0.05, 0) is 12.1 Å². The Bertz CT molecular complexity index is 622. The van der Waals surface area contributed by atoms with Crippen LogP contribution in [0.5, 0.6) is 5.75 Å². The molecule has 0 aliphatic heterocycles. The van der Waals surface area contributed by atoms with Gasteiger partial charge in [-0.25, -0.2) is 8.42 Å². The molecular weight excluding hydrogens is 244 g/mol.